The molecule has 1 aliphatic heterocycles. The van der Waals surface area contributed by atoms with Crippen LogP contribution in [-0.4, -0.2) is 37.7 Å². The van der Waals surface area contributed by atoms with Gasteiger partial charge in [-0.15, -0.1) is 0 Å². The van der Waals surface area contributed by atoms with Crippen LogP contribution < -0.4 is 0 Å². The van der Waals surface area contributed by atoms with Gasteiger partial charge in [-0.3, -0.25) is 0 Å². The minimum absolute atomic E-state index is 0.599. The van der Waals surface area contributed by atoms with Gasteiger partial charge in [-0.2, -0.15) is 0 Å². The fourth-order valence-corrected chi connectivity index (χ4v) is 2.48. The third-order valence-corrected chi connectivity index (χ3v) is 3.14. The van der Waals surface area contributed by atoms with Gasteiger partial charge in [0.05, 0.1) is 12.7 Å². The highest BCUT2D eigenvalue weighted by atomic mass is 16.5. The van der Waals surface area contributed by atoms with E-state index in [-0.39, 0.29) is 0 Å². The van der Waals surface area contributed by atoms with Gasteiger partial charge in [0.2, 0.25) is 0 Å². The van der Waals surface area contributed by atoms with Crippen molar-refractivity contribution in [2.75, 3.05) is 20.7 Å². The number of fused-ring (bicyclic) bond motifs is 1. The quantitative estimate of drug-likeness (QED) is 0.562. The maximum Gasteiger partial charge on any atom is 0.0629 e. The smallest absolute Gasteiger partial charge is 0.0629 e. The number of hydrogen-bond donors (Lipinski definition) is 0. The number of hydrogen-bond acceptors (Lipinski definition) is 2. The molecule has 1 saturated heterocycles. The molecule has 1 aliphatic carbocycles. The standard InChI is InChI=1S/C9H17NO/c1-10(2)8-6-11-9-5-3-4-7(8)9/h7-9H,3-6H2,1-2H3/t7-,8-,9-/m1/s1. The van der Waals surface area contributed by atoms with Crippen LogP contribution in [0.1, 0.15) is 19.3 Å². The van der Waals surface area contributed by atoms with Crippen LogP contribution in [0.3, 0.4) is 0 Å². The first-order valence-corrected chi connectivity index (χ1v) is 4.57. The number of rotatable bonds is 1. The highest BCUT2D eigenvalue weighted by molar-refractivity contribution is 4.92. The first-order valence-electron chi connectivity index (χ1n) is 4.57. The van der Waals surface area contributed by atoms with Crippen LogP contribution in [0.15, 0.2) is 0 Å². The van der Waals surface area contributed by atoms with Crippen molar-refractivity contribution in [1.82, 2.24) is 4.90 Å². The van der Waals surface area contributed by atoms with Gasteiger partial charge in [-0.1, -0.05) is 6.42 Å². The molecule has 2 heteroatoms. The largest absolute Gasteiger partial charge is 0.376 e. The lowest BCUT2D eigenvalue weighted by Crippen LogP contribution is -2.34. The molecule has 1 heterocycles. The molecule has 1 saturated carbocycles. The molecule has 11 heavy (non-hydrogen) atoms. The minimum Gasteiger partial charge on any atom is -0.376 e. The molecule has 0 aromatic rings. The van der Waals surface area contributed by atoms with Gasteiger partial charge in [-0.25, -0.2) is 0 Å². The van der Waals surface area contributed by atoms with Crippen molar-refractivity contribution < 1.29 is 4.74 Å². The highest BCUT2D eigenvalue weighted by Crippen LogP contribution is 2.37. The van der Waals surface area contributed by atoms with Crippen molar-refractivity contribution in [3.05, 3.63) is 0 Å². The molecule has 2 aliphatic rings. The lowest BCUT2D eigenvalue weighted by Gasteiger charge is -2.22. The van der Waals surface area contributed by atoms with Gasteiger partial charge in [-0.05, 0) is 26.9 Å². The van der Waals surface area contributed by atoms with Crippen molar-refractivity contribution in [2.24, 2.45) is 5.92 Å². The van der Waals surface area contributed by atoms with E-state index in [1.54, 1.807) is 0 Å². The zero-order valence-corrected chi connectivity index (χ0v) is 7.42. The third-order valence-electron chi connectivity index (χ3n) is 3.14. The predicted octanol–water partition coefficient (Wildman–Crippen LogP) is 1.12. The summed E-state index contributed by atoms with van der Waals surface area (Å²) in [5, 5.41) is 0. The van der Waals surface area contributed by atoms with E-state index in [0.717, 1.165) is 12.5 Å². The Hall–Kier alpha value is -0.0800. The molecule has 2 nitrogen and oxygen atoms in total. The SMILES string of the molecule is CN(C)[C@@H]1CO[C@@H]2CCC[C@H]12. The molecule has 2 fully saturated rings. The zero-order valence-electron chi connectivity index (χ0n) is 7.42. The maximum atomic E-state index is 5.71. The van der Waals surface area contributed by atoms with Crippen LogP contribution in [0.2, 0.25) is 0 Å². The second kappa shape index (κ2) is 2.76. The van der Waals surface area contributed by atoms with E-state index < -0.39 is 0 Å². The Kier molecular flexibility index (Phi) is 1.90. The van der Waals surface area contributed by atoms with Crippen LogP contribution in [0.4, 0.5) is 0 Å². The summed E-state index contributed by atoms with van der Waals surface area (Å²) in [6, 6.07) is 0.697. The Labute approximate surface area is 68.5 Å². The molecule has 0 spiro atoms. The summed E-state index contributed by atoms with van der Waals surface area (Å²) in [7, 11) is 4.32. The second-order valence-electron chi connectivity index (χ2n) is 4.00. The summed E-state index contributed by atoms with van der Waals surface area (Å²) >= 11 is 0. The van der Waals surface area contributed by atoms with Crippen molar-refractivity contribution in [3.63, 3.8) is 0 Å². The molecule has 0 bridgehead atoms. The third kappa shape index (κ3) is 1.18. The fourth-order valence-electron chi connectivity index (χ4n) is 2.48. The number of nitrogens with zero attached hydrogens (tertiary/aromatic N) is 1. The monoisotopic (exact) mass is 155 g/mol. The number of likely N-dealkylation sites (N-methyl/N-ethyl adjacent to an activating group) is 1. The molecule has 3 atom stereocenters. The van der Waals surface area contributed by atoms with Gasteiger partial charge in [0, 0.05) is 12.0 Å². The van der Waals surface area contributed by atoms with E-state index in [2.05, 4.69) is 19.0 Å². The summed E-state index contributed by atoms with van der Waals surface area (Å²) in [5.74, 6) is 0.838. The van der Waals surface area contributed by atoms with E-state index in [1.807, 2.05) is 0 Å². The van der Waals surface area contributed by atoms with Crippen molar-refractivity contribution in [1.29, 1.82) is 0 Å². The summed E-state index contributed by atoms with van der Waals surface area (Å²) in [4.78, 5) is 2.32. The molecule has 0 N–H and O–H groups in total. The Balaban J connectivity index is 2.03. The minimum atomic E-state index is 0.599. The Bertz CT molecular complexity index is 146. The average molecular weight is 155 g/mol. The Morgan fingerprint density at radius 2 is 2.09 bits per heavy atom. The lowest BCUT2D eigenvalue weighted by molar-refractivity contribution is 0.0982. The van der Waals surface area contributed by atoms with Crippen LogP contribution in [0.25, 0.3) is 0 Å². The van der Waals surface area contributed by atoms with Crippen molar-refractivity contribution in [2.45, 2.75) is 31.4 Å². The fraction of sp³-hybridized carbons (Fsp3) is 1.00. The van der Waals surface area contributed by atoms with E-state index in [9.17, 15) is 0 Å². The van der Waals surface area contributed by atoms with Crippen molar-refractivity contribution in [3.8, 4) is 0 Å². The molecule has 0 aromatic carbocycles. The maximum absolute atomic E-state index is 5.71. The second-order valence-corrected chi connectivity index (χ2v) is 4.00. The molecule has 0 amide bonds. The summed E-state index contributed by atoms with van der Waals surface area (Å²) in [5.41, 5.74) is 0. The van der Waals surface area contributed by atoms with Crippen LogP contribution in [0.5, 0.6) is 0 Å². The summed E-state index contributed by atoms with van der Waals surface area (Å²) in [6.45, 7) is 0.961. The van der Waals surface area contributed by atoms with Crippen LogP contribution >= 0.6 is 0 Å². The average Bonchev–Trinajstić information content (AvgIpc) is 2.41. The highest BCUT2D eigenvalue weighted by Gasteiger charge is 2.40. The topological polar surface area (TPSA) is 12.5 Å². The van der Waals surface area contributed by atoms with Crippen LogP contribution in [-0.2, 0) is 4.74 Å². The molecular formula is C9H17NO. The first-order chi connectivity index (χ1) is 5.29. The predicted molar refractivity (Wildman–Crippen MR) is 44.6 cm³/mol. The lowest BCUT2D eigenvalue weighted by atomic mass is 9.99. The first kappa shape index (κ1) is 7.56. The zero-order chi connectivity index (χ0) is 7.84. The van der Waals surface area contributed by atoms with Gasteiger partial charge >= 0.3 is 0 Å². The van der Waals surface area contributed by atoms with E-state index in [0.29, 0.717) is 12.1 Å². The summed E-state index contributed by atoms with van der Waals surface area (Å²) in [6.07, 6.45) is 4.66. The number of ether oxygens (including phenoxy) is 1. The van der Waals surface area contributed by atoms with Gasteiger partial charge in [0.25, 0.3) is 0 Å². The molecule has 2 rings (SSSR count). The van der Waals surface area contributed by atoms with E-state index >= 15 is 0 Å². The summed E-state index contributed by atoms with van der Waals surface area (Å²) < 4.78 is 5.71. The van der Waals surface area contributed by atoms with Gasteiger partial charge in [0.1, 0.15) is 0 Å². The Morgan fingerprint density at radius 1 is 1.27 bits per heavy atom. The molecular weight excluding hydrogens is 138 g/mol. The molecule has 0 unspecified atom stereocenters. The van der Waals surface area contributed by atoms with Crippen LogP contribution in [0, 0.1) is 5.92 Å². The van der Waals surface area contributed by atoms with E-state index in [1.165, 1.54) is 19.3 Å². The normalized spacial score (nSPS) is 43.4. The molecule has 0 aromatic heterocycles. The van der Waals surface area contributed by atoms with E-state index in [4.69, 9.17) is 4.74 Å². The molecule has 64 valence electrons. The van der Waals surface area contributed by atoms with Gasteiger partial charge < -0.3 is 9.64 Å². The Morgan fingerprint density at radius 3 is 2.82 bits per heavy atom. The molecule has 0 radical (unpaired) electrons. The van der Waals surface area contributed by atoms with Crippen molar-refractivity contribution >= 4 is 0 Å². The van der Waals surface area contributed by atoms with Gasteiger partial charge in [0.15, 0.2) is 0 Å².